The minimum atomic E-state index is -0.236. The SMILES string of the molecule is CC(C)n1nnnc1COc1ccc(C(=O)N2CCN(c3ccccc3F)CC2)cc1. The topological polar surface area (TPSA) is 76.4 Å². The van der Waals surface area contributed by atoms with Gasteiger partial charge in [-0.1, -0.05) is 12.1 Å². The molecule has 4 rings (SSSR count). The zero-order valence-electron chi connectivity index (χ0n) is 17.6. The molecule has 1 aliphatic rings. The van der Waals surface area contributed by atoms with Crippen molar-refractivity contribution in [2.45, 2.75) is 26.5 Å². The molecule has 0 bridgehead atoms. The molecule has 8 nitrogen and oxygen atoms in total. The standard InChI is InChI=1S/C22H25FN6O2/c1-16(2)29-21(24-25-26-29)15-31-18-9-7-17(8-10-18)22(30)28-13-11-27(12-14-28)20-6-4-3-5-19(20)23/h3-10,16H,11-15H2,1-2H3. The van der Waals surface area contributed by atoms with Crippen LogP contribution >= 0.6 is 0 Å². The van der Waals surface area contributed by atoms with Crippen LogP contribution in [0.25, 0.3) is 0 Å². The number of carbonyl (C=O) groups is 1. The van der Waals surface area contributed by atoms with E-state index in [9.17, 15) is 9.18 Å². The van der Waals surface area contributed by atoms with Crippen LogP contribution in [0.1, 0.15) is 36.1 Å². The van der Waals surface area contributed by atoms with Crippen molar-refractivity contribution in [2.75, 3.05) is 31.1 Å². The Hall–Kier alpha value is -3.49. The number of carbonyl (C=O) groups excluding carboxylic acids is 1. The molecule has 0 N–H and O–H groups in total. The minimum Gasteiger partial charge on any atom is -0.486 e. The molecule has 9 heteroatoms. The number of hydrogen-bond donors (Lipinski definition) is 0. The first-order valence-electron chi connectivity index (χ1n) is 10.3. The second-order valence-electron chi connectivity index (χ2n) is 7.68. The van der Waals surface area contributed by atoms with Crippen LogP contribution in [-0.2, 0) is 6.61 Å². The Bertz CT molecular complexity index is 1030. The molecule has 1 amide bonds. The van der Waals surface area contributed by atoms with Crippen LogP contribution in [0.5, 0.6) is 5.75 Å². The molecule has 0 radical (unpaired) electrons. The van der Waals surface area contributed by atoms with E-state index in [1.807, 2.05) is 24.8 Å². The fraction of sp³-hybridized carbons (Fsp3) is 0.364. The summed E-state index contributed by atoms with van der Waals surface area (Å²) in [5, 5.41) is 11.6. The molecule has 0 spiro atoms. The van der Waals surface area contributed by atoms with E-state index >= 15 is 0 Å². The molecular weight excluding hydrogens is 399 g/mol. The molecule has 0 unspecified atom stereocenters. The molecule has 0 aliphatic carbocycles. The third-order valence-corrected chi connectivity index (χ3v) is 5.28. The average Bonchev–Trinajstić information content (AvgIpc) is 3.27. The number of tetrazole rings is 1. The fourth-order valence-electron chi connectivity index (χ4n) is 3.59. The van der Waals surface area contributed by atoms with Gasteiger partial charge < -0.3 is 14.5 Å². The number of amides is 1. The summed E-state index contributed by atoms with van der Waals surface area (Å²) in [6, 6.07) is 13.9. The number of aromatic nitrogens is 4. The largest absolute Gasteiger partial charge is 0.486 e. The Kier molecular flexibility index (Phi) is 6.11. The summed E-state index contributed by atoms with van der Waals surface area (Å²) in [4.78, 5) is 16.6. The van der Waals surface area contributed by atoms with E-state index in [-0.39, 0.29) is 24.4 Å². The Balaban J connectivity index is 1.32. The maximum Gasteiger partial charge on any atom is 0.253 e. The van der Waals surface area contributed by atoms with Crippen LogP contribution < -0.4 is 9.64 Å². The lowest BCUT2D eigenvalue weighted by molar-refractivity contribution is 0.0746. The van der Waals surface area contributed by atoms with Gasteiger partial charge in [-0.2, -0.15) is 0 Å². The van der Waals surface area contributed by atoms with Crippen LogP contribution in [0.15, 0.2) is 48.5 Å². The summed E-state index contributed by atoms with van der Waals surface area (Å²) in [5.74, 6) is 1.01. The molecule has 31 heavy (non-hydrogen) atoms. The first-order chi connectivity index (χ1) is 15.0. The van der Waals surface area contributed by atoms with Gasteiger partial charge in [-0.3, -0.25) is 4.79 Å². The maximum absolute atomic E-state index is 14.0. The number of halogens is 1. The monoisotopic (exact) mass is 424 g/mol. The first kappa shape index (κ1) is 20.8. The lowest BCUT2D eigenvalue weighted by atomic mass is 10.1. The second kappa shape index (κ2) is 9.11. The highest BCUT2D eigenvalue weighted by Crippen LogP contribution is 2.21. The molecule has 2 aromatic carbocycles. The van der Waals surface area contributed by atoms with Gasteiger partial charge >= 0.3 is 0 Å². The quantitative estimate of drug-likeness (QED) is 0.606. The van der Waals surface area contributed by atoms with E-state index in [0.29, 0.717) is 49.0 Å². The fourth-order valence-corrected chi connectivity index (χ4v) is 3.59. The number of hydrogen-bond acceptors (Lipinski definition) is 6. The summed E-state index contributed by atoms with van der Waals surface area (Å²) in [6.45, 7) is 6.52. The number of ether oxygens (including phenoxy) is 1. The van der Waals surface area contributed by atoms with Crippen LogP contribution in [0, 0.1) is 5.82 Å². The minimum absolute atomic E-state index is 0.0384. The van der Waals surface area contributed by atoms with Gasteiger partial charge in [0.1, 0.15) is 18.2 Å². The second-order valence-corrected chi connectivity index (χ2v) is 7.68. The van der Waals surface area contributed by atoms with E-state index in [4.69, 9.17) is 4.74 Å². The molecule has 1 fully saturated rings. The lowest BCUT2D eigenvalue weighted by Gasteiger charge is -2.36. The van der Waals surface area contributed by atoms with Crippen LogP contribution in [0.2, 0.25) is 0 Å². The third kappa shape index (κ3) is 4.65. The Labute approximate surface area is 180 Å². The number of piperazine rings is 1. The highest BCUT2D eigenvalue weighted by Gasteiger charge is 2.23. The van der Waals surface area contributed by atoms with E-state index in [1.165, 1.54) is 6.07 Å². The molecule has 1 aromatic heterocycles. The van der Waals surface area contributed by atoms with E-state index in [0.717, 1.165) is 0 Å². The van der Waals surface area contributed by atoms with Crippen molar-refractivity contribution in [2.24, 2.45) is 0 Å². The van der Waals surface area contributed by atoms with E-state index in [1.54, 1.807) is 46.0 Å². The van der Waals surface area contributed by atoms with Crippen LogP contribution in [-0.4, -0.2) is 57.2 Å². The van der Waals surface area contributed by atoms with E-state index in [2.05, 4.69) is 15.5 Å². The Morgan fingerprint density at radius 2 is 1.77 bits per heavy atom. The summed E-state index contributed by atoms with van der Waals surface area (Å²) in [7, 11) is 0. The summed E-state index contributed by atoms with van der Waals surface area (Å²) < 4.78 is 21.5. The number of rotatable bonds is 6. The van der Waals surface area contributed by atoms with Gasteiger partial charge in [-0.25, -0.2) is 9.07 Å². The van der Waals surface area contributed by atoms with Gasteiger partial charge in [0.05, 0.1) is 11.7 Å². The zero-order valence-corrected chi connectivity index (χ0v) is 17.6. The summed E-state index contributed by atoms with van der Waals surface area (Å²) in [5.41, 5.74) is 1.18. The smallest absolute Gasteiger partial charge is 0.253 e. The molecular formula is C22H25FN6O2. The summed E-state index contributed by atoms with van der Waals surface area (Å²) in [6.07, 6.45) is 0. The number of nitrogens with zero attached hydrogens (tertiary/aromatic N) is 6. The maximum atomic E-state index is 14.0. The third-order valence-electron chi connectivity index (χ3n) is 5.28. The van der Waals surface area contributed by atoms with Crippen molar-refractivity contribution in [3.63, 3.8) is 0 Å². The van der Waals surface area contributed by atoms with Crippen LogP contribution in [0.3, 0.4) is 0 Å². The highest BCUT2D eigenvalue weighted by molar-refractivity contribution is 5.94. The molecule has 0 saturated carbocycles. The molecule has 0 atom stereocenters. The van der Waals surface area contributed by atoms with Crippen molar-refractivity contribution in [3.8, 4) is 5.75 Å². The highest BCUT2D eigenvalue weighted by atomic mass is 19.1. The average molecular weight is 424 g/mol. The lowest BCUT2D eigenvalue weighted by Crippen LogP contribution is -2.49. The molecule has 1 saturated heterocycles. The normalized spacial score (nSPS) is 14.2. The molecule has 1 aliphatic heterocycles. The van der Waals surface area contributed by atoms with Crippen molar-refractivity contribution in [1.82, 2.24) is 25.1 Å². The van der Waals surface area contributed by atoms with Gasteiger partial charge in [0, 0.05) is 31.7 Å². The first-order valence-corrected chi connectivity index (χ1v) is 10.3. The predicted molar refractivity (Wildman–Crippen MR) is 113 cm³/mol. The Morgan fingerprint density at radius 3 is 2.45 bits per heavy atom. The number of benzene rings is 2. The van der Waals surface area contributed by atoms with Crippen molar-refractivity contribution >= 4 is 11.6 Å². The molecule has 2 heterocycles. The zero-order chi connectivity index (χ0) is 21.8. The van der Waals surface area contributed by atoms with Crippen molar-refractivity contribution in [3.05, 3.63) is 65.7 Å². The molecule has 3 aromatic rings. The van der Waals surface area contributed by atoms with E-state index < -0.39 is 0 Å². The predicted octanol–water partition coefficient (Wildman–Crippen LogP) is 2.93. The van der Waals surface area contributed by atoms with Gasteiger partial charge in [-0.05, 0) is 60.7 Å². The van der Waals surface area contributed by atoms with Crippen molar-refractivity contribution < 1.29 is 13.9 Å². The summed E-state index contributed by atoms with van der Waals surface area (Å²) >= 11 is 0. The molecule has 162 valence electrons. The Morgan fingerprint density at radius 1 is 1.06 bits per heavy atom. The van der Waals surface area contributed by atoms with Crippen molar-refractivity contribution in [1.29, 1.82) is 0 Å². The van der Waals surface area contributed by atoms with Gasteiger partial charge in [-0.15, -0.1) is 5.10 Å². The van der Waals surface area contributed by atoms with Crippen LogP contribution in [0.4, 0.5) is 10.1 Å². The number of anilines is 1. The van der Waals surface area contributed by atoms with Gasteiger partial charge in [0.15, 0.2) is 5.82 Å². The van der Waals surface area contributed by atoms with Gasteiger partial charge in [0.2, 0.25) is 0 Å². The van der Waals surface area contributed by atoms with Gasteiger partial charge in [0.25, 0.3) is 5.91 Å². The number of para-hydroxylation sites is 1.